The molecule has 10 heavy (non-hydrogen) atoms. The Labute approximate surface area is 54.3 Å². The average molecular weight is 149 g/mol. The molecule has 0 aliphatic carbocycles. The number of amides is 1. The Kier molecular flexibility index (Phi) is 2.38. The van der Waals surface area contributed by atoms with Crippen molar-refractivity contribution in [1.29, 1.82) is 0 Å². The molecule has 0 rings (SSSR count). The summed E-state index contributed by atoms with van der Waals surface area (Å²) in [5.41, 5.74) is 0. The summed E-state index contributed by atoms with van der Waals surface area (Å²) in [5, 5.41) is 15.8. The number of hydrazine groups is 2. The van der Waals surface area contributed by atoms with Gasteiger partial charge in [0.1, 0.15) is 0 Å². The molecule has 0 aliphatic rings. The van der Waals surface area contributed by atoms with Crippen LogP contribution in [0, 0.1) is 20.2 Å². The van der Waals surface area contributed by atoms with E-state index in [2.05, 4.69) is 0 Å². The third-order valence-corrected chi connectivity index (χ3v) is 0.591. The predicted molar refractivity (Wildman–Crippen MR) is 26.8 cm³/mol. The molecule has 55 valence electrons. The lowest BCUT2D eigenvalue weighted by atomic mass is 10.7. The zero-order valence-corrected chi connectivity index (χ0v) is 4.88. The van der Waals surface area contributed by atoms with Crippen LogP contribution in [0.2, 0.25) is 0 Å². The van der Waals surface area contributed by atoms with Crippen molar-refractivity contribution in [2.24, 2.45) is 0 Å². The fourth-order valence-corrected chi connectivity index (χ4v) is 0.290. The van der Waals surface area contributed by atoms with Gasteiger partial charge in [0.25, 0.3) is 0 Å². The van der Waals surface area contributed by atoms with E-state index in [-0.39, 0.29) is 0 Å². The maximum atomic E-state index is 10.1. The highest BCUT2D eigenvalue weighted by molar-refractivity contribution is 5.72. The van der Waals surface area contributed by atoms with E-state index >= 15 is 0 Å². The molecule has 1 amide bonds. The fraction of sp³-hybridized carbons (Fsp3) is 0.500. The van der Waals surface area contributed by atoms with E-state index < -0.39 is 21.1 Å². The Bertz CT molecular complexity index is 154. The standard InChI is InChI=1S/C2H3N3O5/c1-2(6)3(4(7)8)5(9)10/h1H3/q+1. The van der Waals surface area contributed by atoms with Crippen LogP contribution in [0.25, 0.3) is 0 Å². The third kappa shape index (κ3) is 1.74. The summed E-state index contributed by atoms with van der Waals surface area (Å²) in [6.07, 6.45) is 0. The molecule has 0 spiro atoms. The summed E-state index contributed by atoms with van der Waals surface area (Å²) >= 11 is 0. The molecule has 0 bridgehead atoms. The lowest BCUT2D eigenvalue weighted by Gasteiger charge is -1.79. The van der Waals surface area contributed by atoms with Crippen molar-refractivity contribution in [3.05, 3.63) is 20.2 Å². The van der Waals surface area contributed by atoms with Gasteiger partial charge in [-0.1, -0.05) is 0 Å². The number of nitro groups is 2. The third-order valence-electron chi connectivity index (χ3n) is 0.591. The fourth-order valence-electron chi connectivity index (χ4n) is 0.290. The van der Waals surface area contributed by atoms with Gasteiger partial charge in [-0.05, 0) is 0 Å². The molecule has 0 aromatic rings. The Balaban J connectivity index is 4.43. The molecule has 0 aliphatic heterocycles. The van der Waals surface area contributed by atoms with Gasteiger partial charge < -0.3 is 0 Å². The van der Waals surface area contributed by atoms with Gasteiger partial charge in [0.2, 0.25) is 0 Å². The van der Waals surface area contributed by atoms with Crippen molar-refractivity contribution in [3.63, 3.8) is 0 Å². The van der Waals surface area contributed by atoms with Crippen molar-refractivity contribution in [3.8, 4) is 0 Å². The van der Waals surface area contributed by atoms with Gasteiger partial charge >= 0.3 is 21.1 Å². The van der Waals surface area contributed by atoms with Gasteiger partial charge in [-0.2, -0.15) is 20.2 Å². The van der Waals surface area contributed by atoms with Gasteiger partial charge in [0, 0.05) is 0 Å². The maximum Gasteiger partial charge on any atom is 0.532 e. The predicted octanol–water partition coefficient (Wildman–Crippen LogP) is -0.944. The Morgan fingerprint density at radius 2 is 1.50 bits per heavy atom. The van der Waals surface area contributed by atoms with Crippen LogP contribution in [0.3, 0.4) is 0 Å². The summed E-state index contributed by atoms with van der Waals surface area (Å²) in [7, 11) is 0. The van der Waals surface area contributed by atoms with Gasteiger partial charge in [-0.15, -0.1) is 0 Å². The molecule has 0 heterocycles. The minimum atomic E-state index is -1.40. The molecule has 0 fully saturated rings. The lowest BCUT2D eigenvalue weighted by molar-refractivity contribution is -0.823. The summed E-state index contributed by atoms with van der Waals surface area (Å²) in [6.45, 7) is 0.728. The first-order valence-electron chi connectivity index (χ1n) is 2.06. The molecular weight excluding hydrogens is 146 g/mol. The largest absolute Gasteiger partial charge is 0.532 e. The van der Waals surface area contributed by atoms with Gasteiger partial charge in [0.05, 0.1) is 6.92 Å². The van der Waals surface area contributed by atoms with Crippen LogP contribution in [0.15, 0.2) is 0 Å². The zero-order valence-electron chi connectivity index (χ0n) is 4.88. The molecule has 0 aromatic carbocycles. The van der Waals surface area contributed by atoms with Crippen LogP contribution in [0.5, 0.6) is 0 Å². The average Bonchev–Trinajstić information content (AvgIpc) is 1.59. The number of hydrogen-bond acceptors (Lipinski definition) is 5. The quantitative estimate of drug-likeness (QED) is 0.285. The molecule has 1 radical (unpaired) electrons. The Hall–Kier alpha value is -1.57. The van der Waals surface area contributed by atoms with E-state index in [1.165, 1.54) is 0 Å². The van der Waals surface area contributed by atoms with E-state index in [9.17, 15) is 25.0 Å². The van der Waals surface area contributed by atoms with Crippen molar-refractivity contribution < 1.29 is 14.9 Å². The Morgan fingerprint density at radius 3 is 1.50 bits per heavy atom. The molecule has 8 nitrogen and oxygen atoms in total. The number of carbonyl (C=O) groups excluding carboxylic acids is 1. The molecule has 0 unspecified atom stereocenters. The first kappa shape index (κ1) is 8.43. The second kappa shape index (κ2) is 2.82. The topological polar surface area (TPSA) is 109 Å². The number of nitrogens with zero attached hydrogens (tertiary/aromatic N) is 3. The first-order valence-corrected chi connectivity index (χ1v) is 2.06. The molecule has 8 heteroatoms. The molecule has 0 atom stereocenters. The second-order valence-electron chi connectivity index (χ2n) is 1.28. The molecule has 0 aromatic heterocycles. The Morgan fingerprint density at radius 1 is 1.20 bits per heavy atom. The summed E-state index contributed by atoms with van der Waals surface area (Å²) in [6, 6.07) is 0. The van der Waals surface area contributed by atoms with E-state index in [0.29, 0.717) is 0 Å². The molecule has 0 saturated heterocycles. The monoisotopic (exact) mass is 149 g/mol. The van der Waals surface area contributed by atoms with Crippen LogP contribution in [0.4, 0.5) is 0 Å². The van der Waals surface area contributed by atoms with E-state index in [0.717, 1.165) is 6.92 Å². The highest BCUT2D eigenvalue weighted by atomic mass is 16.8. The van der Waals surface area contributed by atoms with Crippen LogP contribution < -0.4 is 5.12 Å². The van der Waals surface area contributed by atoms with Crippen molar-refractivity contribution in [2.45, 2.75) is 6.92 Å². The van der Waals surface area contributed by atoms with Gasteiger partial charge in [-0.25, -0.2) is 4.79 Å². The van der Waals surface area contributed by atoms with E-state index in [4.69, 9.17) is 0 Å². The maximum absolute atomic E-state index is 10.1. The van der Waals surface area contributed by atoms with Gasteiger partial charge in [0.15, 0.2) is 0 Å². The highest BCUT2D eigenvalue weighted by Crippen LogP contribution is 1.83. The van der Waals surface area contributed by atoms with E-state index in [1.54, 1.807) is 0 Å². The van der Waals surface area contributed by atoms with Crippen LogP contribution in [-0.2, 0) is 4.79 Å². The summed E-state index contributed by atoms with van der Waals surface area (Å²) in [5.74, 6) is -1.24. The molecule has 0 saturated carbocycles. The van der Waals surface area contributed by atoms with Crippen molar-refractivity contribution in [2.75, 3.05) is 0 Å². The number of carbonyl (C=O) groups is 1. The zero-order chi connectivity index (χ0) is 8.31. The summed E-state index contributed by atoms with van der Waals surface area (Å²) < 4.78 is 0. The number of rotatable bonds is 2. The van der Waals surface area contributed by atoms with Crippen LogP contribution in [0.1, 0.15) is 6.92 Å². The second-order valence-corrected chi connectivity index (χ2v) is 1.28. The highest BCUT2D eigenvalue weighted by Gasteiger charge is 2.52. The van der Waals surface area contributed by atoms with Crippen LogP contribution >= 0.6 is 0 Å². The van der Waals surface area contributed by atoms with Crippen molar-refractivity contribution >= 4 is 5.91 Å². The molecular formula is C2H3N3O5+. The van der Waals surface area contributed by atoms with Gasteiger partial charge in [-0.3, -0.25) is 0 Å². The summed E-state index contributed by atoms with van der Waals surface area (Å²) in [4.78, 5) is 29.4. The minimum Gasteiger partial charge on any atom is -0.209 e. The lowest BCUT2D eigenvalue weighted by Crippen LogP contribution is -2.45. The smallest absolute Gasteiger partial charge is 0.209 e. The van der Waals surface area contributed by atoms with Crippen molar-refractivity contribution in [1.82, 2.24) is 5.12 Å². The molecule has 0 N–H and O–H groups in total. The number of hydrogen-bond donors (Lipinski definition) is 0. The normalized spacial score (nSPS) is 9.40. The SMILES string of the molecule is CC(=O)[N+]([N+](=O)[O-])[N+](=O)[O-]. The first-order chi connectivity index (χ1) is 4.46. The van der Waals surface area contributed by atoms with Crippen LogP contribution in [-0.4, -0.2) is 16.0 Å². The van der Waals surface area contributed by atoms with E-state index in [1.807, 2.05) is 0 Å². The minimum absolute atomic E-state index is 0.694.